The Bertz CT molecular complexity index is 369. The molecule has 0 amide bonds. The average molecular weight is 205 g/mol. The molecule has 0 saturated heterocycles. The van der Waals surface area contributed by atoms with Gasteiger partial charge in [0.25, 0.3) is 0 Å². The van der Waals surface area contributed by atoms with E-state index in [1.165, 1.54) is 11.1 Å². The van der Waals surface area contributed by atoms with Crippen LogP contribution in [0.1, 0.15) is 35.6 Å². The van der Waals surface area contributed by atoms with E-state index in [1.807, 2.05) is 0 Å². The Morgan fingerprint density at radius 3 is 2.47 bits per heavy atom. The SMILES string of the molecule is Cc1ccc(C(N)C2(CO)CC2)cc1C. The lowest BCUT2D eigenvalue weighted by Gasteiger charge is -2.22. The topological polar surface area (TPSA) is 46.2 Å². The first kappa shape index (κ1) is 10.7. The number of hydrogen-bond acceptors (Lipinski definition) is 2. The van der Waals surface area contributed by atoms with Gasteiger partial charge in [0.2, 0.25) is 0 Å². The first-order valence-corrected chi connectivity index (χ1v) is 5.53. The number of hydrogen-bond donors (Lipinski definition) is 2. The van der Waals surface area contributed by atoms with E-state index < -0.39 is 0 Å². The zero-order valence-corrected chi connectivity index (χ0v) is 9.46. The van der Waals surface area contributed by atoms with Gasteiger partial charge in [0, 0.05) is 11.5 Å². The summed E-state index contributed by atoms with van der Waals surface area (Å²) in [6, 6.07) is 6.33. The molecule has 0 bridgehead atoms. The van der Waals surface area contributed by atoms with Gasteiger partial charge in [0.05, 0.1) is 6.61 Å². The molecule has 1 aliphatic rings. The Morgan fingerprint density at radius 2 is 2.00 bits per heavy atom. The van der Waals surface area contributed by atoms with E-state index in [0.717, 1.165) is 18.4 Å². The molecule has 2 heteroatoms. The Morgan fingerprint density at radius 1 is 1.33 bits per heavy atom. The van der Waals surface area contributed by atoms with Crippen LogP contribution < -0.4 is 5.73 Å². The van der Waals surface area contributed by atoms with Crippen LogP contribution in [0.5, 0.6) is 0 Å². The third kappa shape index (κ3) is 1.80. The molecule has 2 nitrogen and oxygen atoms in total. The maximum atomic E-state index is 9.33. The molecule has 1 aromatic carbocycles. The van der Waals surface area contributed by atoms with Crippen molar-refractivity contribution in [3.8, 4) is 0 Å². The molecule has 1 fully saturated rings. The molecule has 1 aliphatic carbocycles. The van der Waals surface area contributed by atoms with Crippen LogP contribution in [0.25, 0.3) is 0 Å². The van der Waals surface area contributed by atoms with Gasteiger partial charge in [-0.25, -0.2) is 0 Å². The summed E-state index contributed by atoms with van der Waals surface area (Å²) in [5.41, 5.74) is 9.90. The lowest BCUT2D eigenvalue weighted by molar-refractivity contribution is 0.187. The van der Waals surface area contributed by atoms with Crippen LogP contribution in [0.4, 0.5) is 0 Å². The normalized spacial score (nSPS) is 20.0. The van der Waals surface area contributed by atoms with Crippen molar-refractivity contribution < 1.29 is 5.11 Å². The highest BCUT2D eigenvalue weighted by atomic mass is 16.3. The second-order valence-electron chi connectivity index (χ2n) is 4.84. The van der Waals surface area contributed by atoms with Gasteiger partial charge >= 0.3 is 0 Å². The van der Waals surface area contributed by atoms with Gasteiger partial charge in [0.1, 0.15) is 0 Å². The summed E-state index contributed by atoms with van der Waals surface area (Å²) in [6.07, 6.45) is 2.11. The van der Waals surface area contributed by atoms with Gasteiger partial charge < -0.3 is 10.8 Å². The van der Waals surface area contributed by atoms with E-state index >= 15 is 0 Å². The molecule has 0 heterocycles. The second kappa shape index (κ2) is 3.62. The predicted molar refractivity (Wildman–Crippen MR) is 61.6 cm³/mol. The number of aryl methyl sites for hydroxylation is 2. The van der Waals surface area contributed by atoms with Crippen LogP contribution in [0.2, 0.25) is 0 Å². The Balaban J connectivity index is 2.26. The van der Waals surface area contributed by atoms with E-state index in [2.05, 4.69) is 32.0 Å². The standard InChI is InChI=1S/C13H19NO/c1-9-3-4-11(7-10(9)2)12(14)13(8-15)5-6-13/h3-4,7,12,15H,5-6,8,14H2,1-2H3. The fraction of sp³-hybridized carbons (Fsp3) is 0.538. The van der Waals surface area contributed by atoms with Crippen molar-refractivity contribution in [1.29, 1.82) is 0 Å². The molecule has 1 unspecified atom stereocenters. The van der Waals surface area contributed by atoms with Crippen molar-refractivity contribution in [2.24, 2.45) is 11.1 Å². The number of nitrogens with two attached hydrogens (primary N) is 1. The third-order valence-corrected chi connectivity index (χ3v) is 3.76. The van der Waals surface area contributed by atoms with Crippen molar-refractivity contribution in [2.75, 3.05) is 6.61 Å². The Hall–Kier alpha value is -0.860. The maximum absolute atomic E-state index is 9.33. The number of aliphatic hydroxyl groups is 1. The number of aliphatic hydroxyl groups excluding tert-OH is 1. The summed E-state index contributed by atoms with van der Waals surface area (Å²) in [4.78, 5) is 0. The van der Waals surface area contributed by atoms with Crippen molar-refractivity contribution >= 4 is 0 Å². The highest BCUT2D eigenvalue weighted by Crippen LogP contribution is 2.53. The van der Waals surface area contributed by atoms with E-state index in [-0.39, 0.29) is 18.1 Å². The summed E-state index contributed by atoms with van der Waals surface area (Å²) in [5.74, 6) is 0. The first-order valence-electron chi connectivity index (χ1n) is 5.53. The van der Waals surface area contributed by atoms with E-state index in [1.54, 1.807) is 0 Å². The fourth-order valence-electron chi connectivity index (χ4n) is 2.04. The molecule has 82 valence electrons. The van der Waals surface area contributed by atoms with Gasteiger partial charge in [-0.1, -0.05) is 18.2 Å². The average Bonchev–Trinajstić information content (AvgIpc) is 3.02. The van der Waals surface area contributed by atoms with Gasteiger partial charge in [-0.05, 0) is 43.4 Å². The Labute approximate surface area is 91.1 Å². The number of rotatable bonds is 3. The second-order valence-corrected chi connectivity index (χ2v) is 4.84. The predicted octanol–water partition coefficient (Wildman–Crippen LogP) is 2.08. The van der Waals surface area contributed by atoms with Gasteiger partial charge in [0.15, 0.2) is 0 Å². The van der Waals surface area contributed by atoms with E-state index in [9.17, 15) is 5.11 Å². The van der Waals surface area contributed by atoms with Crippen LogP contribution in [-0.2, 0) is 0 Å². The van der Waals surface area contributed by atoms with Crippen LogP contribution in [0.15, 0.2) is 18.2 Å². The van der Waals surface area contributed by atoms with E-state index in [4.69, 9.17) is 5.73 Å². The van der Waals surface area contributed by atoms with Crippen LogP contribution >= 0.6 is 0 Å². The van der Waals surface area contributed by atoms with Crippen LogP contribution in [0, 0.1) is 19.3 Å². The Kier molecular flexibility index (Phi) is 2.57. The quantitative estimate of drug-likeness (QED) is 0.793. The van der Waals surface area contributed by atoms with Gasteiger partial charge in [-0.15, -0.1) is 0 Å². The summed E-state index contributed by atoms with van der Waals surface area (Å²) >= 11 is 0. The first-order chi connectivity index (χ1) is 7.09. The third-order valence-electron chi connectivity index (χ3n) is 3.76. The fourth-order valence-corrected chi connectivity index (χ4v) is 2.04. The lowest BCUT2D eigenvalue weighted by Crippen LogP contribution is -2.25. The summed E-state index contributed by atoms with van der Waals surface area (Å²) in [6.45, 7) is 4.41. The smallest absolute Gasteiger partial charge is 0.0505 e. The molecule has 3 N–H and O–H groups in total. The molecule has 2 rings (SSSR count). The molecular weight excluding hydrogens is 186 g/mol. The summed E-state index contributed by atoms with van der Waals surface area (Å²) in [7, 11) is 0. The minimum atomic E-state index is -0.0261. The van der Waals surface area contributed by atoms with Crippen molar-refractivity contribution in [3.05, 3.63) is 34.9 Å². The lowest BCUT2D eigenvalue weighted by atomic mass is 9.90. The van der Waals surface area contributed by atoms with Crippen molar-refractivity contribution in [3.63, 3.8) is 0 Å². The monoisotopic (exact) mass is 205 g/mol. The van der Waals surface area contributed by atoms with Gasteiger partial charge in [-0.2, -0.15) is 0 Å². The minimum Gasteiger partial charge on any atom is -0.396 e. The molecule has 0 spiro atoms. The highest BCUT2D eigenvalue weighted by Gasteiger charge is 2.47. The molecule has 1 saturated carbocycles. The molecule has 0 aliphatic heterocycles. The summed E-state index contributed by atoms with van der Waals surface area (Å²) < 4.78 is 0. The van der Waals surface area contributed by atoms with E-state index in [0.29, 0.717) is 0 Å². The zero-order valence-electron chi connectivity index (χ0n) is 9.46. The largest absolute Gasteiger partial charge is 0.396 e. The van der Waals surface area contributed by atoms with Gasteiger partial charge in [-0.3, -0.25) is 0 Å². The molecule has 0 aromatic heterocycles. The minimum absolute atomic E-state index is 0.0122. The molecule has 1 aromatic rings. The summed E-state index contributed by atoms with van der Waals surface area (Å²) in [5, 5.41) is 9.33. The van der Waals surface area contributed by atoms with Crippen LogP contribution in [0.3, 0.4) is 0 Å². The number of benzene rings is 1. The maximum Gasteiger partial charge on any atom is 0.0505 e. The van der Waals surface area contributed by atoms with Crippen molar-refractivity contribution in [1.82, 2.24) is 0 Å². The van der Waals surface area contributed by atoms with Crippen LogP contribution in [-0.4, -0.2) is 11.7 Å². The zero-order chi connectivity index (χ0) is 11.1. The molecule has 1 atom stereocenters. The molecular formula is C13H19NO. The van der Waals surface area contributed by atoms with Crippen molar-refractivity contribution in [2.45, 2.75) is 32.7 Å². The highest BCUT2D eigenvalue weighted by molar-refractivity contribution is 5.33. The molecule has 15 heavy (non-hydrogen) atoms. The molecule has 0 radical (unpaired) electrons.